The molecule has 1 saturated heterocycles. The molecule has 1 aliphatic heterocycles. The van der Waals surface area contributed by atoms with Crippen molar-refractivity contribution >= 4 is 29.4 Å². The summed E-state index contributed by atoms with van der Waals surface area (Å²) in [5, 5.41) is 10.1. The molecule has 3 aromatic rings. The van der Waals surface area contributed by atoms with Gasteiger partial charge in [-0.05, 0) is 49.5 Å². The van der Waals surface area contributed by atoms with Crippen LogP contribution in [0.4, 0.5) is 14.6 Å². The van der Waals surface area contributed by atoms with Gasteiger partial charge in [-0.1, -0.05) is 0 Å². The second kappa shape index (κ2) is 7.57. The van der Waals surface area contributed by atoms with E-state index in [1.165, 1.54) is 12.1 Å². The zero-order valence-electron chi connectivity index (χ0n) is 16.5. The van der Waals surface area contributed by atoms with Crippen molar-refractivity contribution < 1.29 is 18.4 Å². The standard InChI is InChI=1S/C22H19F2N5O2/c23-15-5-12(6-16(24)9-15)1-2-18-10-19(26-17-3-4-17)29-21(27-18)14(11-25-29)7-13-8-20(30)28-22(13)31/h5-7,9-11,17,26H,1-4,8H2,(H,28,30,31)/b13-7+. The van der Waals surface area contributed by atoms with Crippen molar-refractivity contribution in [2.75, 3.05) is 5.32 Å². The lowest BCUT2D eigenvalue weighted by Gasteiger charge is -2.10. The summed E-state index contributed by atoms with van der Waals surface area (Å²) < 4.78 is 28.7. The van der Waals surface area contributed by atoms with Gasteiger partial charge >= 0.3 is 0 Å². The first-order valence-electron chi connectivity index (χ1n) is 10.1. The third kappa shape index (κ3) is 4.16. The van der Waals surface area contributed by atoms with Crippen molar-refractivity contribution in [2.45, 2.75) is 38.1 Å². The van der Waals surface area contributed by atoms with Gasteiger partial charge in [-0.3, -0.25) is 14.9 Å². The Morgan fingerprint density at radius 2 is 1.90 bits per heavy atom. The summed E-state index contributed by atoms with van der Waals surface area (Å²) in [7, 11) is 0. The monoisotopic (exact) mass is 423 g/mol. The van der Waals surface area contributed by atoms with Crippen LogP contribution in [0, 0.1) is 11.6 Å². The number of rotatable bonds is 6. The maximum absolute atomic E-state index is 13.5. The normalized spacial score (nSPS) is 17.5. The fraction of sp³-hybridized carbons (Fsp3) is 0.273. The van der Waals surface area contributed by atoms with Crippen molar-refractivity contribution in [3.05, 3.63) is 64.5 Å². The van der Waals surface area contributed by atoms with E-state index in [4.69, 9.17) is 0 Å². The number of nitrogens with one attached hydrogen (secondary N) is 2. The molecule has 5 rings (SSSR count). The molecule has 1 saturated carbocycles. The molecule has 0 atom stereocenters. The van der Waals surface area contributed by atoms with E-state index in [9.17, 15) is 18.4 Å². The number of carbonyl (C=O) groups is 2. The van der Waals surface area contributed by atoms with Crippen molar-refractivity contribution in [2.24, 2.45) is 0 Å². The molecule has 7 nitrogen and oxygen atoms in total. The van der Waals surface area contributed by atoms with E-state index < -0.39 is 17.5 Å². The Kier molecular flexibility index (Phi) is 4.72. The van der Waals surface area contributed by atoms with Gasteiger partial charge in [0.1, 0.15) is 17.5 Å². The van der Waals surface area contributed by atoms with E-state index in [2.05, 4.69) is 20.7 Å². The van der Waals surface area contributed by atoms with Gasteiger partial charge in [0.05, 0.1) is 12.6 Å². The maximum Gasteiger partial charge on any atom is 0.254 e. The molecule has 9 heteroatoms. The first kappa shape index (κ1) is 19.3. The second-order valence-corrected chi connectivity index (χ2v) is 7.89. The molecule has 0 radical (unpaired) electrons. The maximum atomic E-state index is 13.5. The SMILES string of the molecule is O=C1C/C(=C\c2cnn3c(NC4CC4)cc(CCc4cc(F)cc(F)c4)nc23)C(=O)N1. The van der Waals surface area contributed by atoms with Gasteiger partial charge in [-0.2, -0.15) is 9.61 Å². The van der Waals surface area contributed by atoms with Crippen LogP contribution < -0.4 is 10.6 Å². The summed E-state index contributed by atoms with van der Waals surface area (Å²) in [5.74, 6) is -1.19. The number of nitrogens with zero attached hydrogens (tertiary/aromatic N) is 3. The third-order valence-electron chi connectivity index (χ3n) is 5.30. The number of hydrogen-bond donors (Lipinski definition) is 2. The van der Waals surface area contributed by atoms with Gasteiger partial charge in [0.15, 0.2) is 5.65 Å². The van der Waals surface area contributed by atoms with Crippen LogP contribution in [0.25, 0.3) is 11.7 Å². The number of halogens is 2. The number of anilines is 1. The van der Waals surface area contributed by atoms with Crippen LogP contribution >= 0.6 is 0 Å². The predicted molar refractivity (Wildman–Crippen MR) is 109 cm³/mol. The molecule has 1 aliphatic carbocycles. The molecule has 3 heterocycles. The molecule has 31 heavy (non-hydrogen) atoms. The molecule has 158 valence electrons. The molecule has 2 amide bonds. The Morgan fingerprint density at radius 3 is 2.58 bits per heavy atom. The van der Waals surface area contributed by atoms with E-state index >= 15 is 0 Å². The first-order chi connectivity index (χ1) is 14.9. The topological polar surface area (TPSA) is 88.4 Å². The summed E-state index contributed by atoms with van der Waals surface area (Å²) in [6, 6.07) is 5.74. The van der Waals surface area contributed by atoms with Gasteiger partial charge in [0, 0.05) is 35.0 Å². The lowest BCUT2D eigenvalue weighted by atomic mass is 10.1. The molecular weight excluding hydrogens is 404 g/mol. The Bertz CT molecular complexity index is 1230. The largest absolute Gasteiger partial charge is 0.367 e. The minimum Gasteiger partial charge on any atom is -0.367 e. The number of benzene rings is 1. The minimum absolute atomic E-state index is 0.0220. The molecular formula is C22H19F2N5O2. The van der Waals surface area contributed by atoms with Crippen LogP contribution in [0.1, 0.15) is 36.1 Å². The van der Waals surface area contributed by atoms with E-state index in [0.717, 1.165) is 30.4 Å². The molecule has 1 aromatic carbocycles. The van der Waals surface area contributed by atoms with E-state index in [-0.39, 0.29) is 12.3 Å². The highest BCUT2D eigenvalue weighted by molar-refractivity contribution is 6.15. The quantitative estimate of drug-likeness (QED) is 0.470. The number of hydrogen-bond acceptors (Lipinski definition) is 5. The fourth-order valence-corrected chi connectivity index (χ4v) is 3.64. The first-order valence-corrected chi connectivity index (χ1v) is 10.1. The van der Waals surface area contributed by atoms with E-state index in [0.29, 0.717) is 41.2 Å². The summed E-state index contributed by atoms with van der Waals surface area (Å²) in [6.45, 7) is 0. The Labute approximate surface area is 176 Å². The number of fused-ring (bicyclic) bond motifs is 1. The predicted octanol–water partition coefficient (Wildman–Crippen LogP) is 2.80. The van der Waals surface area contributed by atoms with Crippen molar-refractivity contribution in [1.29, 1.82) is 0 Å². The summed E-state index contributed by atoms with van der Waals surface area (Å²) in [6.07, 6.45) is 6.29. The summed E-state index contributed by atoms with van der Waals surface area (Å²) in [5.41, 5.74) is 2.81. The van der Waals surface area contributed by atoms with Gasteiger partial charge < -0.3 is 5.32 Å². The van der Waals surface area contributed by atoms with Crippen molar-refractivity contribution in [3.8, 4) is 0 Å². The van der Waals surface area contributed by atoms with Crippen LogP contribution in [0.2, 0.25) is 0 Å². The van der Waals surface area contributed by atoms with Crippen LogP contribution in [0.5, 0.6) is 0 Å². The van der Waals surface area contributed by atoms with Crippen LogP contribution in [-0.4, -0.2) is 32.5 Å². The highest BCUT2D eigenvalue weighted by Gasteiger charge is 2.25. The zero-order chi connectivity index (χ0) is 21.5. The van der Waals surface area contributed by atoms with Gasteiger partial charge in [-0.15, -0.1) is 0 Å². The highest BCUT2D eigenvalue weighted by Crippen LogP contribution is 2.27. The second-order valence-electron chi connectivity index (χ2n) is 7.89. The van der Waals surface area contributed by atoms with Crippen molar-refractivity contribution in [3.63, 3.8) is 0 Å². The molecule has 0 unspecified atom stereocenters. The lowest BCUT2D eigenvalue weighted by molar-refractivity contribution is -0.124. The minimum atomic E-state index is -0.608. The average Bonchev–Trinajstić information content (AvgIpc) is 3.34. The summed E-state index contributed by atoms with van der Waals surface area (Å²) in [4.78, 5) is 28.1. The molecule has 2 N–H and O–H groups in total. The van der Waals surface area contributed by atoms with Crippen molar-refractivity contribution in [1.82, 2.24) is 19.9 Å². The zero-order valence-corrected chi connectivity index (χ0v) is 16.5. The smallest absolute Gasteiger partial charge is 0.254 e. The number of imide groups is 1. The van der Waals surface area contributed by atoms with Gasteiger partial charge in [0.2, 0.25) is 5.91 Å². The average molecular weight is 423 g/mol. The third-order valence-corrected chi connectivity index (χ3v) is 5.30. The van der Waals surface area contributed by atoms with Crippen LogP contribution in [0.3, 0.4) is 0 Å². The molecule has 2 aliphatic rings. The molecule has 2 aromatic heterocycles. The van der Waals surface area contributed by atoms with Crippen LogP contribution in [0.15, 0.2) is 36.0 Å². The molecule has 0 bridgehead atoms. The van der Waals surface area contributed by atoms with Gasteiger partial charge in [-0.25, -0.2) is 13.8 Å². The van der Waals surface area contributed by atoms with Gasteiger partial charge in [0.25, 0.3) is 5.91 Å². The van der Waals surface area contributed by atoms with E-state index in [1.807, 2.05) is 6.07 Å². The Balaban J connectivity index is 1.49. The lowest BCUT2D eigenvalue weighted by Crippen LogP contribution is -2.19. The Morgan fingerprint density at radius 1 is 1.13 bits per heavy atom. The number of aromatic nitrogens is 3. The van der Waals surface area contributed by atoms with Crippen LogP contribution in [-0.2, 0) is 22.4 Å². The Hall–Kier alpha value is -3.62. The number of aryl methyl sites for hydroxylation is 2. The fourth-order valence-electron chi connectivity index (χ4n) is 3.64. The summed E-state index contributed by atoms with van der Waals surface area (Å²) >= 11 is 0. The number of carbonyl (C=O) groups excluding carboxylic acids is 2. The highest BCUT2D eigenvalue weighted by atomic mass is 19.1. The van der Waals surface area contributed by atoms with E-state index in [1.54, 1.807) is 16.8 Å². The molecule has 2 fully saturated rings. The number of amides is 2. The molecule has 0 spiro atoms.